The maximum atomic E-state index is 15.3. The van der Waals surface area contributed by atoms with Crippen LogP contribution in [0.1, 0.15) is 62.8 Å². The highest BCUT2D eigenvalue weighted by molar-refractivity contribution is 6.42. The summed E-state index contributed by atoms with van der Waals surface area (Å²) in [7, 11) is 0. The summed E-state index contributed by atoms with van der Waals surface area (Å²) in [6, 6.07) is 1.82. The molecular formula is C22H25Cl2F5N2O. The molecule has 0 saturated heterocycles. The van der Waals surface area contributed by atoms with E-state index < -0.39 is 52.9 Å². The van der Waals surface area contributed by atoms with Gasteiger partial charge in [-0.25, -0.2) is 8.78 Å². The van der Waals surface area contributed by atoms with E-state index in [0.29, 0.717) is 12.8 Å². The molecule has 2 bridgehead atoms. The zero-order valence-electron chi connectivity index (χ0n) is 17.3. The van der Waals surface area contributed by atoms with E-state index in [9.17, 15) is 18.0 Å². The Labute approximate surface area is 193 Å². The molecule has 0 radical (unpaired) electrons. The molecule has 3 aliphatic carbocycles. The van der Waals surface area contributed by atoms with Gasteiger partial charge < -0.3 is 11.1 Å². The van der Waals surface area contributed by atoms with E-state index >= 15 is 8.78 Å². The van der Waals surface area contributed by atoms with Crippen molar-refractivity contribution in [2.75, 3.05) is 6.54 Å². The third kappa shape index (κ3) is 4.00. The van der Waals surface area contributed by atoms with Crippen molar-refractivity contribution in [1.82, 2.24) is 5.32 Å². The highest BCUT2D eigenvalue weighted by Crippen LogP contribution is 2.70. The molecule has 10 heteroatoms. The lowest BCUT2D eigenvalue weighted by atomic mass is 9.56. The van der Waals surface area contributed by atoms with Crippen LogP contribution in [0.3, 0.4) is 0 Å². The minimum Gasteiger partial charge on any atom is -0.369 e. The zero-order chi connectivity index (χ0) is 23.5. The zero-order valence-corrected chi connectivity index (χ0v) is 18.8. The maximum Gasteiger partial charge on any atom is 0.401 e. The van der Waals surface area contributed by atoms with Gasteiger partial charge in [0, 0.05) is 17.5 Å². The average molecular weight is 499 g/mol. The van der Waals surface area contributed by atoms with E-state index in [0.717, 1.165) is 6.07 Å². The van der Waals surface area contributed by atoms with Gasteiger partial charge >= 0.3 is 6.18 Å². The minimum absolute atomic E-state index is 0.00754. The van der Waals surface area contributed by atoms with Gasteiger partial charge in [0.25, 0.3) is 0 Å². The molecule has 3 aliphatic rings. The van der Waals surface area contributed by atoms with Crippen LogP contribution in [0, 0.1) is 16.6 Å². The number of carbonyl (C=O) groups is 1. The molecule has 178 valence electrons. The van der Waals surface area contributed by atoms with E-state index in [1.165, 1.54) is 6.07 Å². The standard InChI is InChI=1S/C22H25Cl2F5N2O/c23-13-1-2-14(25)15(16(13)24)17(19-5-7-20(26,10-19)8-6-19)21(18(30)32)4-3-12(9-21)31-11-22(27,28)29/h1-2,12,17,31H,3-11H2,(H2,30,32)/t12?,17-,19?,20?,21?/m0/s1. The van der Waals surface area contributed by atoms with Gasteiger partial charge in [0.15, 0.2) is 0 Å². The van der Waals surface area contributed by atoms with Crippen molar-refractivity contribution >= 4 is 29.1 Å². The van der Waals surface area contributed by atoms with Crippen molar-refractivity contribution in [2.45, 2.75) is 75.2 Å². The van der Waals surface area contributed by atoms with E-state index in [1.54, 1.807) is 0 Å². The lowest BCUT2D eigenvalue weighted by molar-refractivity contribution is -0.131. The number of rotatable bonds is 6. The number of primary amides is 1. The average Bonchev–Trinajstić information content (AvgIpc) is 3.38. The Kier molecular flexibility index (Phi) is 5.99. The number of carbonyl (C=O) groups excluding carboxylic acids is 1. The summed E-state index contributed by atoms with van der Waals surface area (Å²) in [5.74, 6) is -2.28. The smallest absolute Gasteiger partial charge is 0.369 e. The lowest BCUT2D eigenvalue weighted by Gasteiger charge is -2.46. The fraction of sp³-hybridized carbons (Fsp3) is 0.682. The van der Waals surface area contributed by atoms with Gasteiger partial charge in [-0.2, -0.15) is 13.2 Å². The number of amides is 1. The predicted molar refractivity (Wildman–Crippen MR) is 112 cm³/mol. The van der Waals surface area contributed by atoms with Crippen LogP contribution in [-0.4, -0.2) is 30.3 Å². The Bertz CT molecular complexity index is 916. The summed E-state index contributed by atoms with van der Waals surface area (Å²) in [6.45, 7) is -1.21. The van der Waals surface area contributed by atoms with E-state index in [-0.39, 0.29) is 54.1 Å². The molecule has 1 amide bonds. The summed E-state index contributed by atoms with van der Waals surface area (Å²) in [5.41, 5.74) is 2.40. The van der Waals surface area contributed by atoms with Crippen molar-refractivity contribution in [3.05, 3.63) is 33.6 Å². The Morgan fingerprint density at radius 1 is 1.19 bits per heavy atom. The largest absolute Gasteiger partial charge is 0.401 e. The van der Waals surface area contributed by atoms with Crippen LogP contribution in [0.5, 0.6) is 0 Å². The van der Waals surface area contributed by atoms with Gasteiger partial charge in [-0.1, -0.05) is 23.2 Å². The summed E-state index contributed by atoms with van der Waals surface area (Å²) >= 11 is 12.7. The van der Waals surface area contributed by atoms with Gasteiger partial charge in [-0.3, -0.25) is 4.79 Å². The Hall–Kier alpha value is -1.12. The Morgan fingerprint density at radius 2 is 1.84 bits per heavy atom. The first kappa shape index (κ1) is 24.0. The van der Waals surface area contributed by atoms with E-state index in [2.05, 4.69) is 5.32 Å². The molecule has 32 heavy (non-hydrogen) atoms. The second-order valence-corrected chi connectivity index (χ2v) is 10.6. The van der Waals surface area contributed by atoms with Crippen molar-refractivity contribution in [2.24, 2.45) is 16.6 Å². The molecule has 3 atom stereocenters. The SMILES string of the molecule is NC(=O)C1([C@@H](c2c(F)ccc(Cl)c2Cl)C23CCC(F)(CC2)C3)CCC(NCC(F)(F)F)C1. The van der Waals surface area contributed by atoms with Crippen LogP contribution in [0.15, 0.2) is 12.1 Å². The molecule has 2 unspecified atom stereocenters. The van der Waals surface area contributed by atoms with Crippen LogP contribution in [0.2, 0.25) is 10.0 Å². The van der Waals surface area contributed by atoms with Crippen LogP contribution in [0.4, 0.5) is 22.0 Å². The Balaban J connectivity index is 1.81. The van der Waals surface area contributed by atoms with Gasteiger partial charge in [0.2, 0.25) is 5.91 Å². The molecular weight excluding hydrogens is 474 g/mol. The van der Waals surface area contributed by atoms with Crippen LogP contribution >= 0.6 is 23.2 Å². The van der Waals surface area contributed by atoms with Gasteiger partial charge in [0.1, 0.15) is 11.5 Å². The maximum absolute atomic E-state index is 15.3. The molecule has 3 saturated carbocycles. The number of alkyl halides is 4. The number of hydrogen-bond donors (Lipinski definition) is 2. The summed E-state index contributed by atoms with van der Waals surface area (Å²) in [6.07, 6.45) is -2.45. The third-order valence-corrected chi connectivity index (χ3v) is 8.79. The summed E-state index contributed by atoms with van der Waals surface area (Å²) in [5, 5.41) is 2.50. The first-order valence-electron chi connectivity index (χ1n) is 10.7. The number of fused-ring (bicyclic) bond motifs is 2. The van der Waals surface area contributed by atoms with Gasteiger partial charge in [-0.15, -0.1) is 0 Å². The summed E-state index contributed by atoms with van der Waals surface area (Å²) < 4.78 is 68.8. The molecule has 1 aromatic carbocycles. The monoisotopic (exact) mass is 498 g/mol. The molecule has 1 aromatic rings. The Morgan fingerprint density at radius 3 is 2.38 bits per heavy atom. The quantitative estimate of drug-likeness (QED) is 0.369. The predicted octanol–water partition coefficient (Wildman–Crippen LogP) is 6.06. The van der Waals surface area contributed by atoms with Crippen molar-refractivity contribution in [3.8, 4) is 0 Å². The molecule has 0 spiro atoms. The number of benzene rings is 1. The van der Waals surface area contributed by atoms with Crippen molar-refractivity contribution in [3.63, 3.8) is 0 Å². The second kappa shape index (κ2) is 7.98. The first-order chi connectivity index (χ1) is 14.8. The lowest BCUT2D eigenvalue weighted by Crippen LogP contribution is -2.48. The normalized spacial score (nSPS) is 35.4. The third-order valence-electron chi connectivity index (χ3n) is 7.98. The number of nitrogens with one attached hydrogen (secondary N) is 1. The molecule has 0 heterocycles. The van der Waals surface area contributed by atoms with Crippen LogP contribution < -0.4 is 11.1 Å². The molecule has 3 fully saturated rings. The highest BCUT2D eigenvalue weighted by atomic mass is 35.5. The second-order valence-electron chi connectivity index (χ2n) is 9.84. The molecule has 3 nitrogen and oxygen atoms in total. The molecule has 0 aromatic heterocycles. The van der Waals surface area contributed by atoms with Gasteiger partial charge in [-0.05, 0) is 68.9 Å². The number of hydrogen-bond acceptors (Lipinski definition) is 2. The van der Waals surface area contributed by atoms with E-state index in [1.807, 2.05) is 0 Å². The highest BCUT2D eigenvalue weighted by Gasteiger charge is 2.65. The fourth-order valence-electron chi connectivity index (χ4n) is 6.69. The van der Waals surface area contributed by atoms with Crippen molar-refractivity contribution < 1.29 is 26.7 Å². The van der Waals surface area contributed by atoms with E-state index in [4.69, 9.17) is 28.9 Å². The van der Waals surface area contributed by atoms with Crippen molar-refractivity contribution in [1.29, 1.82) is 0 Å². The molecule has 3 N–H and O–H groups in total. The topological polar surface area (TPSA) is 55.1 Å². The molecule has 0 aliphatic heterocycles. The first-order valence-corrected chi connectivity index (χ1v) is 11.5. The van der Waals surface area contributed by atoms with Crippen LogP contribution in [0.25, 0.3) is 0 Å². The molecule has 4 rings (SSSR count). The minimum atomic E-state index is -4.41. The summed E-state index contributed by atoms with van der Waals surface area (Å²) in [4.78, 5) is 13.0. The number of nitrogens with two attached hydrogens (primary N) is 1. The van der Waals surface area contributed by atoms with Gasteiger partial charge in [0.05, 0.1) is 22.0 Å². The van der Waals surface area contributed by atoms with Crippen LogP contribution in [-0.2, 0) is 4.79 Å². The fourth-order valence-corrected chi connectivity index (χ4v) is 7.11. The number of halogens is 7.